The molecule has 0 unspecified atom stereocenters. The van der Waals surface area contributed by atoms with Crippen molar-refractivity contribution < 1.29 is 17.2 Å². The quantitative estimate of drug-likeness (QED) is 0.310. The Morgan fingerprint density at radius 3 is 2.40 bits per heavy atom. The van der Waals surface area contributed by atoms with E-state index >= 15 is 0 Å². The number of para-hydroxylation sites is 1. The molecule has 4 aromatic rings. The Hall–Kier alpha value is -3.00. The van der Waals surface area contributed by atoms with Crippen molar-refractivity contribution in [1.82, 2.24) is 8.87 Å². The first-order valence-electron chi connectivity index (χ1n) is 11.2. The van der Waals surface area contributed by atoms with Gasteiger partial charge in [-0.2, -0.15) is 4.31 Å². The van der Waals surface area contributed by atoms with Gasteiger partial charge in [0.2, 0.25) is 10.0 Å². The number of sulfonamides is 1. The van der Waals surface area contributed by atoms with Crippen LogP contribution in [0, 0.1) is 18.6 Å². The molecule has 0 saturated carbocycles. The standard InChI is InChI=1S/C27H23ClF2N2O2S/c1-18-27(19-13-15-31(16-14-19)35(33,34)21-11-9-20(29)10-12-21)22-5-2-3-8-26(22)32(18)17-23-24(28)6-4-7-25(23)30/h2-13H,14-17H2,1H3. The number of hydrogen-bond acceptors (Lipinski definition) is 2. The first kappa shape index (κ1) is 23.7. The lowest BCUT2D eigenvalue weighted by molar-refractivity contribution is 0.441. The van der Waals surface area contributed by atoms with Gasteiger partial charge in [-0.3, -0.25) is 0 Å². The Kier molecular flexibility index (Phi) is 6.25. The summed E-state index contributed by atoms with van der Waals surface area (Å²) in [5, 5.41) is 1.40. The molecule has 0 aliphatic carbocycles. The van der Waals surface area contributed by atoms with E-state index in [9.17, 15) is 17.2 Å². The van der Waals surface area contributed by atoms with Crippen LogP contribution in [0.1, 0.15) is 23.2 Å². The van der Waals surface area contributed by atoms with Crippen LogP contribution in [0.5, 0.6) is 0 Å². The van der Waals surface area contributed by atoms with Gasteiger partial charge in [0.05, 0.1) is 11.4 Å². The second kappa shape index (κ2) is 9.22. The first-order valence-corrected chi connectivity index (χ1v) is 13.0. The lowest BCUT2D eigenvalue weighted by Gasteiger charge is -2.26. The average molecular weight is 513 g/mol. The molecule has 2 heterocycles. The van der Waals surface area contributed by atoms with Gasteiger partial charge < -0.3 is 4.57 Å². The summed E-state index contributed by atoms with van der Waals surface area (Å²) in [6, 6.07) is 17.5. The van der Waals surface area contributed by atoms with Crippen LogP contribution in [0.25, 0.3) is 16.5 Å². The molecule has 35 heavy (non-hydrogen) atoms. The van der Waals surface area contributed by atoms with Crippen LogP contribution in [0.2, 0.25) is 5.02 Å². The minimum atomic E-state index is -3.72. The van der Waals surface area contributed by atoms with E-state index in [-0.39, 0.29) is 23.8 Å². The highest BCUT2D eigenvalue weighted by Gasteiger charge is 2.28. The number of rotatable bonds is 5. The summed E-state index contributed by atoms with van der Waals surface area (Å²) in [4.78, 5) is 0.0744. The van der Waals surface area contributed by atoms with Crippen LogP contribution >= 0.6 is 11.6 Å². The van der Waals surface area contributed by atoms with E-state index in [4.69, 9.17) is 11.6 Å². The van der Waals surface area contributed by atoms with Crippen molar-refractivity contribution in [2.75, 3.05) is 13.1 Å². The van der Waals surface area contributed by atoms with E-state index in [1.54, 1.807) is 12.1 Å². The Balaban J connectivity index is 1.51. The SMILES string of the molecule is Cc1c(C2=CCN(S(=O)(=O)c3ccc(F)cc3)CC2)c2ccccc2n1Cc1c(F)cccc1Cl. The molecule has 0 bridgehead atoms. The largest absolute Gasteiger partial charge is 0.340 e. The van der Waals surface area contributed by atoms with Crippen molar-refractivity contribution >= 4 is 38.1 Å². The van der Waals surface area contributed by atoms with Crippen molar-refractivity contribution in [3.63, 3.8) is 0 Å². The summed E-state index contributed by atoms with van der Waals surface area (Å²) in [5.74, 6) is -0.830. The zero-order valence-corrected chi connectivity index (χ0v) is 20.6. The van der Waals surface area contributed by atoms with Gasteiger partial charge >= 0.3 is 0 Å². The summed E-state index contributed by atoms with van der Waals surface area (Å²) in [6.07, 6.45) is 2.45. The molecule has 0 spiro atoms. The zero-order valence-electron chi connectivity index (χ0n) is 19.0. The molecule has 3 aromatic carbocycles. The van der Waals surface area contributed by atoms with Crippen LogP contribution in [0.4, 0.5) is 8.78 Å². The molecule has 0 radical (unpaired) electrons. The van der Waals surface area contributed by atoms with Gasteiger partial charge in [-0.05, 0) is 61.4 Å². The molecule has 0 atom stereocenters. The van der Waals surface area contributed by atoms with Crippen LogP contribution in [0.3, 0.4) is 0 Å². The highest BCUT2D eigenvalue weighted by atomic mass is 35.5. The number of benzene rings is 3. The van der Waals surface area contributed by atoms with Crippen LogP contribution in [-0.4, -0.2) is 30.4 Å². The van der Waals surface area contributed by atoms with Gasteiger partial charge in [0.15, 0.2) is 0 Å². The van der Waals surface area contributed by atoms with Gasteiger partial charge in [0.25, 0.3) is 0 Å². The van der Waals surface area contributed by atoms with Crippen molar-refractivity contribution in [3.05, 3.63) is 106 Å². The van der Waals surface area contributed by atoms with Crippen LogP contribution < -0.4 is 0 Å². The zero-order chi connectivity index (χ0) is 24.7. The maximum absolute atomic E-state index is 14.6. The molecule has 180 valence electrons. The molecular weight excluding hydrogens is 490 g/mol. The Bertz CT molecular complexity index is 1540. The summed E-state index contributed by atoms with van der Waals surface area (Å²) < 4.78 is 57.3. The smallest absolute Gasteiger partial charge is 0.243 e. The minimum absolute atomic E-state index is 0.0744. The second-order valence-electron chi connectivity index (χ2n) is 8.56. The lowest BCUT2D eigenvalue weighted by Crippen LogP contribution is -2.34. The predicted molar refractivity (Wildman–Crippen MR) is 135 cm³/mol. The van der Waals surface area contributed by atoms with E-state index < -0.39 is 15.8 Å². The first-order chi connectivity index (χ1) is 16.8. The number of hydrogen-bond donors (Lipinski definition) is 0. The van der Waals surface area contributed by atoms with Crippen molar-refractivity contribution in [2.24, 2.45) is 0 Å². The minimum Gasteiger partial charge on any atom is -0.340 e. The highest BCUT2D eigenvalue weighted by Crippen LogP contribution is 2.36. The van der Waals surface area contributed by atoms with E-state index in [1.807, 2.05) is 37.3 Å². The highest BCUT2D eigenvalue weighted by molar-refractivity contribution is 7.89. The lowest BCUT2D eigenvalue weighted by atomic mass is 9.97. The summed E-state index contributed by atoms with van der Waals surface area (Å²) in [6.45, 7) is 2.81. The molecule has 5 rings (SSSR count). The molecule has 0 amide bonds. The van der Waals surface area contributed by atoms with Crippen molar-refractivity contribution in [2.45, 2.75) is 24.8 Å². The average Bonchev–Trinajstić information content (AvgIpc) is 3.13. The fourth-order valence-corrected chi connectivity index (χ4v) is 6.34. The number of fused-ring (bicyclic) bond motifs is 1. The summed E-state index contributed by atoms with van der Waals surface area (Å²) in [5.41, 5.74) is 4.43. The molecule has 0 N–H and O–H groups in total. The summed E-state index contributed by atoms with van der Waals surface area (Å²) in [7, 11) is -3.72. The van der Waals surface area contributed by atoms with Gasteiger partial charge in [-0.25, -0.2) is 17.2 Å². The molecular formula is C27H23ClF2N2O2S. The normalized spacial score (nSPS) is 14.9. The number of aromatic nitrogens is 1. The van der Waals surface area contributed by atoms with Gasteiger partial charge in [0.1, 0.15) is 11.6 Å². The van der Waals surface area contributed by atoms with Crippen molar-refractivity contribution in [3.8, 4) is 0 Å². The molecule has 8 heteroatoms. The fraction of sp³-hybridized carbons (Fsp3) is 0.185. The third-order valence-corrected chi connectivity index (χ3v) is 8.79. The maximum Gasteiger partial charge on any atom is 0.243 e. The van der Waals surface area contributed by atoms with Crippen molar-refractivity contribution in [1.29, 1.82) is 0 Å². The molecule has 4 nitrogen and oxygen atoms in total. The maximum atomic E-state index is 14.6. The topological polar surface area (TPSA) is 42.3 Å². The predicted octanol–water partition coefficient (Wildman–Crippen LogP) is 6.41. The molecule has 1 aliphatic heterocycles. The van der Waals surface area contributed by atoms with E-state index in [0.29, 0.717) is 23.6 Å². The van der Waals surface area contributed by atoms with E-state index in [1.165, 1.54) is 22.5 Å². The van der Waals surface area contributed by atoms with E-state index in [2.05, 4.69) is 4.57 Å². The number of nitrogens with zero attached hydrogens (tertiary/aromatic N) is 2. The fourth-order valence-electron chi connectivity index (χ4n) is 4.73. The second-order valence-corrected chi connectivity index (χ2v) is 10.9. The Morgan fingerprint density at radius 1 is 0.971 bits per heavy atom. The Morgan fingerprint density at radius 2 is 1.71 bits per heavy atom. The Labute approximate surface area is 208 Å². The third-order valence-electron chi connectivity index (χ3n) is 6.55. The van der Waals surface area contributed by atoms with E-state index in [0.717, 1.165) is 39.9 Å². The summed E-state index contributed by atoms with van der Waals surface area (Å²) >= 11 is 6.31. The monoisotopic (exact) mass is 512 g/mol. The molecule has 0 fully saturated rings. The molecule has 1 aromatic heterocycles. The van der Waals surface area contributed by atoms with Gasteiger partial charge in [0, 0.05) is 45.8 Å². The molecule has 0 saturated heterocycles. The van der Waals surface area contributed by atoms with Crippen LogP contribution in [-0.2, 0) is 16.6 Å². The van der Waals surface area contributed by atoms with Gasteiger partial charge in [-0.1, -0.05) is 41.9 Å². The molecule has 1 aliphatic rings. The third kappa shape index (κ3) is 4.29. The van der Waals surface area contributed by atoms with Gasteiger partial charge in [-0.15, -0.1) is 0 Å². The van der Waals surface area contributed by atoms with Crippen LogP contribution in [0.15, 0.2) is 77.7 Å². The number of halogens is 3.